The van der Waals surface area contributed by atoms with Gasteiger partial charge in [0.15, 0.2) is 0 Å². The average molecular weight is 195 g/mol. The molecule has 82 valence electrons. The first-order chi connectivity index (χ1) is 6.74. The molecule has 0 amide bonds. The summed E-state index contributed by atoms with van der Waals surface area (Å²) in [4.78, 5) is 0. The van der Waals surface area contributed by atoms with Crippen LogP contribution < -0.4 is 5.32 Å². The highest BCUT2D eigenvalue weighted by Gasteiger charge is 2.23. The molecule has 1 aliphatic rings. The molecule has 1 aliphatic carbocycles. The number of rotatable bonds is 5. The molecule has 1 heteroatoms. The maximum atomic E-state index is 3.86. The molecule has 0 bridgehead atoms. The van der Waals surface area contributed by atoms with Gasteiger partial charge in [0.2, 0.25) is 0 Å². The Morgan fingerprint density at radius 2 is 2.07 bits per heavy atom. The summed E-state index contributed by atoms with van der Waals surface area (Å²) in [6.07, 6.45) is 8.85. The van der Waals surface area contributed by atoms with Crippen LogP contribution in [-0.2, 0) is 0 Å². The lowest BCUT2D eigenvalue weighted by Gasteiger charge is -2.32. The minimum absolute atomic E-state index is 0.754. The molecule has 0 spiro atoms. The van der Waals surface area contributed by atoms with Crippen LogP contribution in [0.1, 0.15) is 46.0 Å². The summed E-state index contributed by atoms with van der Waals surface area (Å²) in [5.74, 6) is 1.61. The lowest BCUT2D eigenvalue weighted by atomic mass is 9.82. The summed E-state index contributed by atoms with van der Waals surface area (Å²) in [5.41, 5.74) is 0. The van der Waals surface area contributed by atoms with E-state index in [4.69, 9.17) is 0 Å². The van der Waals surface area contributed by atoms with Gasteiger partial charge in [-0.15, -0.1) is 6.58 Å². The molecule has 1 N–H and O–H groups in total. The molecule has 0 aliphatic heterocycles. The largest absolute Gasteiger partial charge is 0.313 e. The molecule has 2 atom stereocenters. The first-order valence-corrected chi connectivity index (χ1v) is 6.08. The van der Waals surface area contributed by atoms with Gasteiger partial charge in [-0.2, -0.15) is 0 Å². The number of hydrogen-bond acceptors (Lipinski definition) is 1. The summed E-state index contributed by atoms with van der Waals surface area (Å²) in [7, 11) is 0. The summed E-state index contributed by atoms with van der Waals surface area (Å²) < 4.78 is 0. The normalized spacial score (nSPS) is 27.9. The molecule has 1 fully saturated rings. The monoisotopic (exact) mass is 195 g/mol. The fraction of sp³-hybridized carbons (Fsp3) is 0.846. The minimum atomic E-state index is 0.754. The van der Waals surface area contributed by atoms with Crippen molar-refractivity contribution in [1.82, 2.24) is 5.32 Å². The molecule has 14 heavy (non-hydrogen) atoms. The van der Waals surface area contributed by atoms with E-state index in [9.17, 15) is 0 Å². The highest BCUT2D eigenvalue weighted by Crippen LogP contribution is 2.27. The molecule has 0 aromatic carbocycles. The van der Waals surface area contributed by atoms with Gasteiger partial charge in [0.25, 0.3) is 0 Å². The SMILES string of the molecule is C=CCC1CCCCC1NCC(C)C. The van der Waals surface area contributed by atoms with E-state index in [2.05, 4.69) is 31.8 Å². The third-order valence-corrected chi connectivity index (χ3v) is 3.17. The zero-order valence-electron chi connectivity index (χ0n) is 9.76. The van der Waals surface area contributed by atoms with E-state index in [1.807, 2.05) is 0 Å². The fourth-order valence-corrected chi connectivity index (χ4v) is 2.36. The second-order valence-electron chi connectivity index (χ2n) is 4.98. The average Bonchev–Trinajstić information content (AvgIpc) is 2.17. The highest BCUT2D eigenvalue weighted by molar-refractivity contribution is 4.85. The van der Waals surface area contributed by atoms with Gasteiger partial charge in [0.05, 0.1) is 0 Å². The van der Waals surface area contributed by atoms with Crippen molar-refractivity contribution in [2.24, 2.45) is 11.8 Å². The fourth-order valence-electron chi connectivity index (χ4n) is 2.36. The molecule has 1 nitrogen and oxygen atoms in total. The summed E-state index contributed by atoms with van der Waals surface area (Å²) in [5, 5.41) is 3.71. The van der Waals surface area contributed by atoms with Gasteiger partial charge in [0, 0.05) is 6.04 Å². The maximum absolute atomic E-state index is 3.86. The van der Waals surface area contributed by atoms with Gasteiger partial charge in [-0.1, -0.05) is 32.8 Å². The van der Waals surface area contributed by atoms with Gasteiger partial charge in [0.1, 0.15) is 0 Å². The van der Waals surface area contributed by atoms with Crippen molar-refractivity contribution < 1.29 is 0 Å². The van der Waals surface area contributed by atoms with Crippen LogP contribution in [0.15, 0.2) is 12.7 Å². The number of nitrogens with one attached hydrogen (secondary N) is 1. The van der Waals surface area contributed by atoms with E-state index in [0.29, 0.717) is 0 Å². The molecule has 2 unspecified atom stereocenters. The predicted octanol–water partition coefficient (Wildman–Crippen LogP) is 3.37. The Morgan fingerprint density at radius 1 is 1.36 bits per heavy atom. The molecule has 1 saturated carbocycles. The Morgan fingerprint density at radius 3 is 2.71 bits per heavy atom. The standard InChI is InChI=1S/C13H25N/c1-4-7-12-8-5-6-9-13(12)14-10-11(2)3/h4,11-14H,1,5-10H2,2-3H3. The van der Waals surface area contributed by atoms with Gasteiger partial charge >= 0.3 is 0 Å². The van der Waals surface area contributed by atoms with Gasteiger partial charge in [-0.25, -0.2) is 0 Å². The third kappa shape index (κ3) is 3.83. The summed E-state index contributed by atoms with van der Waals surface area (Å²) in [6, 6.07) is 0.754. The van der Waals surface area contributed by atoms with Gasteiger partial charge in [-0.3, -0.25) is 0 Å². The third-order valence-electron chi connectivity index (χ3n) is 3.17. The van der Waals surface area contributed by atoms with E-state index in [1.165, 1.54) is 32.1 Å². The van der Waals surface area contributed by atoms with Crippen LogP contribution in [0.4, 0.5) is 0 Å². The second-order valence-corrected chi connectivity index (χ2v) is 4.98. The molecule has 0 saturated heterocycles. The van der Waals surface area contributed by atoms with Crippen molar-refractivity contribution >= 4 is 0 Å². The first kappa shape index (κ1) is 11.8. The molecule has 0 heterocycles. The Labute approximate surface area is 89.0 Å². The molecular weight excluding hydrogens is 170 g/mol. The van der Waals surface area contributed by atoms with Gasteiger partial charge < -0.3 is 5.32 Å². The van der Waals surface area contributed by atoms with Crippen molar-refractivity contribution in [2.75, 3.05) is 6.54 Å². The second kappa shape index (κ2) is 6.23. The zero-order valence-corrected chi connectivity index (χ0v) is 9.76. The zero-order chi connectivity index (χ0) is 10.4. The Kier molecular flexibility index (Phi) is 5.24. The lowest BCUT2D eigenvalue weighted by Crippen LogP contribution is -2.40. The highest BCUT2D eigenvalue weighted by atomic mass is 14.9. The van der Waals surface area contributed by atoms with E-state index in [1.54, 1.807) is 0 Å². The van der Waals surface area contributed by atoms with Crippen LogP contribution in [0.5, 0.6) is 0 Å². The van der Waals surface area contributed by atoms with Crippen molar-refractivity contribution in [3.8, 4) is 0 Å². The number of hydrogen-bond donors (Lipinski definition) is 1. The smallest absolute Gasteiger partial charge is 0.00983 e. The van der Waals surface area contributed by atoms with Crippen molar-refractivity contribution in [1.29, 1.82) is 0 Å². The van der Waals surface area contributed by atoms with E-state index in [-0.39, 0.29) is 0 Å². The van der Waals surface area contributed by atoms with Crippen molar-refractivity contribution in [3.05, 3.63) is 12.7 Å². The Hall–Kier alpha value is -0.300. The maximum Gasteiger partial charge on any atom is 0.00983 e. The van der Waals surface area contributed by atoms with Crippen LogP contribution in [0.25, 0.3) is 0 Å². The quantitative estimate of drug-likeness (QED) is 0.663. The number of allylic oxidation sites excluding steroid dienone is 1. The Balaban J connectivity index is 2.33. The van der Waals surface area contributed by atoms with E-state index >= 15 is 0 Å². The van der Waals surface area contributed by atoms with Crippen molar-refractivity contribution in [3.63, 3.8) is 0 Å². The van der Waals surface area contributed by atoms with Gasteiger partial charge in [-0.05, 0) is 37.6 Å². The molecule has 1 rings (SSSR count). The molecule has 0 aromatic heterocycles. The minimum Gasteiger partial charge on any atom is -0.313 e. The van der Waals surface area contributed by atoms with Crippen molar-refractivity contribution in [2.45, 2.75) is 52.0 Å². The lowest BCUT2D eigenvalue weighted by molar-refractivity contribution is 0.257. The van der Waals surface area contributed by atoms with Crippen LogP contribution in [0, 0.1) is 11.8 Å². The first-order valence-electron chi connectivity index (χ1n) is 6.08. The van der Waals surface area contributed by atoms with Crippen LogP contribution in [0.2, 0.25) is 0 Å². The topological polar surface area (TPSA) is 12.0 Å². The van der Waals surface area contributed by atoms with Crippen LogP contribution in [-0.4, -0.2) is 12.6 Å². The summed E-state index contributed by atoms with van der Waals surface area (Å²) in [6.45, 7) is 9.57. The summed E-state index contributed by atoms with van der Waals surface area (Å²) >= 11 is 0. The molecule has 0 aromatic rings. The Bertz CT molecular complexity index is 163. The molecule has 0 radical (unpaired) electrons. The molecular formula is C13H25N. The van der Waals surface area contributed by atoms with E-state index in [0.717, 1.165) is 24.4 Å². The van der Waals surface area contributed by atoms with Crippen LogP contribution in [0.3, 0.4) is 0 Å². The van der Waals surface area contributed by atoms with E-state index < -0.39 is 0 Å². The predicted molar refractivity (Wildman–Crippen MR) is 63.4 cm³/mol. The van der Waals surface area contributed by atoms with Crippen LogP contribution >= 0.6 is 0 Å².